The molecule has 3 N–H and O–H groups in total. The number of methoxy groups -OCH3 is 2. The second kappa shape index (κ2) is 7.97. The van der Waals surface area contributed by atoms with Crippen LogP contribution < -0.4 is 20.9 Å². The normalized spacial score (nSPS) is 21.2. The van der Waals surface area contributed by atoms with E-state index in [9.17, 15) is 4.79 Å². The highest BCUT2D eigenvalue weighted by molar-refractivity contribution is 5.82. The molecular weight excluding hydrogens is 270 g/mol. The number of rotatable bonds is 7. The standard InChI is InChI=1S/C15H23N3O3/c1-20-8-4-7-16-15(19)14-10-13(17-18-14)11-5-3-6-12(9-11)21-2/h3,5-6,9,13-14,17-18H,4,7-8,10H2,1-2H3,(H,16,19). The number of nitrogens with one attached hydrogen (secondary N) is 3. The first kappa shape index (κ1) is 15.8. The lowest BCUT2D eigenvalue weighted by Gasteiger charge is -2.11. The number of carbonyl (C=O) groups is 1. The van der Waals surface area contributed by atoms with Gasteiger partial charge in [-0.1, -0.05) is 12.1 Å². The minimum atomic E-state index is -0.219. The van der Waals surface area contributed by atoms with Crippen LogP contribution in [-0.4, -0.2) is 39.3 Å². The van der Waals surface area contributed by atoms with E-state index in [0.717, 1.165) is 17.7 Å². The molecule has 0 spiro atoms. The fraction of sp³-hybridized carbons (Fsp3) is 0.533. The van der Waals surface area contributed by atoms with E-state index in [4.69, 9.17) is 9.47 Å². The Labute approximate surface area is 125 Å². The van der Waals surface area contributed by atoms with Gasteiger partial charge in [0.1, 0.15) is 11.8 Å². The lowest BCUT2D eigenvalue weighted by Crippen LogP contribution is -2.43. The molecular formula is C15H23N3O3. The molecule has 1 aromatic carbocycles. The molecule has 1 heterocycles. The van der Waals surface area contributed by atoms with Gasteiger partial charge in [-0.3, -0.25) is 4.79 Å². The molecule has 1 aliphatic heterocycles. The van der Waals surface area contributed by atoms with E-state index in [0.29, 0.717) is 19.6 Å². The lowest BCUT2D eigenvalue weighted by atomic mass is 10.0. The Hall–Kier alpha value is -1.63. The molecule has 0 aliphatic carbocycles. The SMILES string of the molecule is COCCCNC(=O)C1CC(c2cccc(OC)c2)NN1. The third-order valence-electron chi connectivity index (χ3n) is 3.54. The summed E-state index contributed by atoms with van der Waals surface area (Å²) in [6, 6.07) is 7.76. The molecule has 1 amide bonds. The second-order valence-corrected chi connectivity index (χ2v) is 5.04. The summed E-state index contributed by atoms with van der Waals surface area (Å²) in [6.07, 6.45) is 1.53. The molecule has 1 fully saturated rings. The van der Waals surface area contributed by atoms with Crippen molar-refractivity contribution in [3.8, 4) is 5.75 Å². The topological polar surface area (TPSA) is 71.6 Å². The quantitative estimate of drug-likeness (QED) is 0.647. The van der Waals surface area contributed by atoms with Crippen LogP contribution in [0.2, 0.25) is 0 Å². The molecule has 21 heavy (non-hydrogen) atoms. The molecule has 0 aromatic heterocycles. The van der Waals surface area contributed by atoms with Crippen LogP contribution in [0.3, 0.4) is 0 Å². The van der Waals surface area contributed by atoms with E-state index in [2.05, 4.69) is 16.2 Å². The summed E-state index contributed by atoms with van der Waals surface area (Å²) in [5.74, 6) is 0.839. The van der Waals surface area contributed by atoms with Crippen molar-refractivity contribution in [2.75, 3.05) is 27.4 Å². The molecule has 116 valence electrons. The van der Waals surface area contributed by atoms with E-state index >= 15 is 0 Å². The Morgan fingerprint density at radius 3 is 3.00 bits per heavy atom. The van der Waals surface area contributed by atoms with Crippen LogP contribution in [0.4, 0.5) is 0 Å². The first-order valence-electron chi connectivity index (χ1n) is 7.16. The van der Waals surface area contributed by atoms with Gasteiger partial charge in [0.25, 0.3) is 0 Å². The molecule has 6 nitrogen and oxygen atoms in total. The molecule has 2 atom stereocenters. The van der Waals surface area contributed by atoms with Gasteiger partial charge in [0.05, 0.1) is 7.11 Å². The minimum Gasteiger partial charge on any atom is -0.497 e. The van der Waals surface area contributed by atoms with Crippen LogP contribution in [-0.2, 0) is 9.53 Å². The Kier molecular flexibility index (Phi) is 5.98. The zero-order valence-corrected chi connectivity index (χ0v) is 12.5. The smallest absolute Gasteiger partial charge is 0.238 e. The summed E-state index contributed by atoms with van der Waals surface area (Å²) in [5, 5.41) is 2.91. The highest BCUT2D eigenvalue weighted by Gasteiger charge is 2.29. The van der Waals surface area contributed by atoms with Crippen LogP contribution >= 0.6 is 0 Å². The number of benzene rings is 1. The van der Waals surface area contributed by atoms with Crippen molar-refractivity contribution in [2.24, 2.45) is 0 Å². The summed E-state index contributed by atoms with van der Waals surface area (Å²) in [4.78, 5) is 12.0. The maximum absolute atomic E-state index is 12.0. The monoisotopic (exact) mass is 293 g/mol. The fourth-order valence-corrected chi connectivity index (χ4v) is 2.36. The van der Waals surface area contributed by atoms with Crippen LogP contribution in [0.1, 0.15) is 24.4 Å². The average molecular weight is 293 g/mol. The fourth-order valence-electron chi connectivity index (χ4n) is 2.36. The van der Waals surface area contributed by atoms with Crippen molar-refractivity contribution >= 4 is 5.91 Å². The largest absolute Gasteiger partial charge is 0.497 e. The summed E-state index contributed by atoms with van der Waals surface area (Å²) >= 11 is 0. The van der Waals surface area contributed by atoms with Crippen molar-refractivity contribution in [1.29, 1.82) is 0 Å². The molecule has 1 saturated heterocycles. The third kappa shape index (κ3) is 4.42. The number of hydrazine groups is 1. The molecule has 0 radical (unpaired) electrons. The molecule has 2 unspecified atom stereocenters. The van der Waals surface area contributed by atoms with Crippen LogP contribution in [0.5, 0.6) is 5.75 Å². The predicted octanol–water partition coefficient (Wildman–Crippen LogP) is 0.756. The zero-order chi connectivity index (χ0) is 15.1. The van der Waals surface area contributed by atoms with Gasteiger partial charge in [-0.2, -0.15) is 0 Å². The minimum absolute atomic E-state index is 0.0176. The number of ether oxygens (including phenoxy) is 2. The Morgan fingerprint density at radius 2 is 2.24 bits per heavy atom. The average Bonchev–Trinajstić information content (AvgIpc) is 3.01. The number of carbonyl (C=O) groups excluding carboxylic acids is 1. The van der Waals surface area contributed by atoms with Crippen molar-refractivity contribution in [1.82, 2.24) is 16.2 Å². The predicted molar refractivity (Wildman–Crippen MR) is 79.9 cm³/mol. The first-order valence-corrected chi connectivity index (χ1v) is 7.16. The van der Waals surface area contributed by atoms with E-state index in [1.807, 2.05) is 24.3 Å². The molecule has 1 aliphatic rings. The van der Waals surface area contributed by atoms with Crippen LogP contribution in [0.15, 0.2) is 24.3 Å². The maximum atomic E-state index is 12.0. The first-order chi connectivity index (χ1) is 10.2. The molecule has 1 aromatic rings. The Balaban J connectivity index is 1.83. The highest BCUT2D eigenvalue weighted by Crippen LogP contribution is 2.25. The van der Waals surface area contributed by atoms with Crippen molar-refractivity contribution in [3.63, 3.8) is 0 Å². The van der Waals surface area contributed by atoms with E-state index in [1.54, 1.807) is 14.2 Å². The third-order valence-corrected chi connectivity index (χ3v) is 3.54. The summed E-state index contributed by atoms with van der Waals surface area (Å²) in [7, 11) is 3.30. The van der Waals surface area contributed by atoms with Gasteiger partial charge < -0.3 is 14.8 Å². The number of hydrogen-bond donors (Lipinski definition) is 3. The van der Waals surface area contributed by atoms with Gasteiger partial charge >= 0.3 is 0 Å². The van der Waals surface area contributed by atoms with Crippen molar-refractivity contribution in [3.05, 3.63) is 29.8 Å². The van der Waals surface area contributed by atoms with Crippen molar-refractivity contribution < 1.29 is 14.3 Å². The van der Waals surface area contributed by atoms with E-state index in [-0.39, 0.29) is 18.0 Å². The van der Waals surface area contributed by atoms with E-state index in [1.165, 1.54) is 0 Å². The lowest BCUT2D eigenvalue weighted by molar-refractivity contribution is -0.122. The molecule has 2 rings (SSSR count). The van der Waals surface area contributed by atoms with Gasteiger partial charge in [0.15, 0.2) is 0 Å². The van der Waals surface area contributed by atoms with E-state index < -0.39 is 0 Å². The van der Waals surface area contributed by atoms with Gasteiger partial charge in [-0.25, -0.2) is 10.9 Å². The van der Waals surface area contributed by atoms with Gasteiger partial charge in [0.2, 0.25) is 5.91 Å². The van der Waals surface area contributed by atoms with Gasteiger partial charge in [-0.15, -0.1) is 0 Å². The summed E-state index contributed by atoms with van der Waals surface area (Å²) in [6.45, 7) is 1.29. The molecule has 0 saturated carbocycles. The van der Waals surface area contributed by atoms with Crippen molar-refractivity contribution in [2.45, 2.75) is 24.9 Å². The Morgan fingerprint density at radius 1 is 1.38 bits per heavy atom. The summed E-state index contributed by atoms with van der Waals surface area (Å²) in [5.41, 5.74) is 7.32. The van der Waals surface area contributed by atoms with Crippen LogP contribution in [0, 0.1) is 0 Å². The number of amides is 1. The molecule has 0 bridgehead atoms. The summed E-state index contributed by atoms with van der Waals surface area (Å²) < 4.78 is 10.2. The van der Waals surface area contributed by atoms with Crippen LogP contribution in [0.25, 0.3) is 0 Å². The molecule has 6 heteroatoms. The highest BCUT2D eigenvalue weighted by atomic mass is 16.5. The maximum Gasteiger partial charge on any atom is 0.238 e. The van der Waals surface area contributed by atoms with Gasteiger partial charge in [-0.05, 0) is 30.5 Å². The zero-order valence-electron chi connectivity index (χ0n) is 12.5. The number of hydrogen-bond acceptors (Lipinski definition) is 5. The van der Waals surface area contributed by atoms with Gasteiger partial charge in [0, 0.05) is 26.3 Å². The second-order valence-electron chi connectivity index (χ2n) is 5.04. The Bertz CT molecular complexity index is 467.